The van der Waals surface area contributed by atoms with Crippen LogP contribution in [0.3, 0.4) is 0 Å². The van der Waals surface area contributed by atoms with Gasteiger partial charge in [0.15, 0.2) is 0 Å². The van der Waals surface area contributed by atoms with Crippen LogP contribution in [0.5, 0.6) is 5.75 Å². The van der Waals surface area contributed by atoms with Gasteiger partial charge < -0.3 is 23.5 Å². The Bertz CT molecular complexity index is 2400. The lowest BCUT2D eigenvalue weighted by atomic mass is 10.0. The van der Waals surface area contributed by atoms with Crippen molar-refractivity contribution in [1.82, 2.24) is 18.7 Å². The Morgan fingerprint density at radius 1 is 0.723 bits per heavy atom. The second-order valence-electron chi connectivity index (χ2n) is 11.7. The van der Waals surface area contributed by atoms with Crippen LogP contribution in [0.25, 0.3) is 55.0 Å². The van der Waals surface area contributed by atoms with Crippen molar-refractivity contribution >= 4 is 56.1 Å². The molecular weight excluding hydrogens is 588 g/mol. The number of carbonyl (C=O) groups is 2. The molecule has 230 valence electrons. The number of aryl methyl sites for hydroxylation is 2. The van der Waals surface area contributed by atoms with Crippen molar-refractivity contribution in [2.24, 2.45) is 0 Å². The third-order valence-corrected chi connectivity index (χ3v) is 8.97. The normalized spacial score (nSPS) is 11.6. The zero-order chi connectivity index (χ0) is 31.9. The zero-order valence-electron chi connectivity index (χ0n) is 25.4. The minimum atomic E-state index is -1.18. The molecule has 8 rings (SSSR count). The van der Waals surface area contributed by atoms with Crippen molar-refractivity contribution in [2.45, 2.75) is 25.8 Å². The molecule has 0 saturated heterocycles. The van der Waals surface area contributed by atoms with Gasteiger partial charge in [-0.05, 0) is 61.2 Å². The number of carboxylic acids is 1. The summed E-state index contributed by atoms with van der Waals surface area (Å²) >= 11 is 0. The highest BCUT2D eigenvalue weighted by molar-refractivity contribution is 6.12. The molecule has 0 unspecified atom stereocenters. The number of hydrogen-bond donors (Lipinski definition) is 1. The Kier molecular flexibility index (Phi) is 7.02. The van der Waals surface area contributed by atoms with Crippen LogP contribution >= 0.6 is 0 Å². The first-order valence-electron chi connectivity index (χ1n) is 15.6. The number of carbonyl (C=O) groups excluding carboxylic acids is 1. The molecular formula is C39H30N4O4. The maximum Gasteiger partial charge on any atom is 0.339 e. The van der Waals surface area contributed by atoms with Gasteiger partial charge in [-0.2, -0.15) is 0 Å². The van der Waals surface area contributed by atoms with Crippen LogP contribution in [0.1, 0.15) is 28.8 Å². The van der Waals surface area contributed by atoms with Crippen LogP contribution < -0.4 is 4.74 Å². The van der Waals surface area contributed by atoms with Gasteiger partial charge in [0.2, 0.25) is 0 Å². The Morgan fingerprint density at radius 3 is 1.91 bits per heavy atom. The summed E-state index contributed by atoms with van der Waals surface area (Å²) in [6.07, 6.45) is 8.67. The van der Waals surface area contributed by atoms with Gasteiger partial charge in [-0.15, -0.1) is 0 Å². The highest BCUT2D eigenvalue weighted by atomic mass is 16.5. The molecule has 0 aliphatic carbocycles. The van der Waals surface area contributed by atoms with Crippen molar-refractivity contribution < 1.29 is 19.4 Å². The molecule has 0 spiro atoms. The largest absolute Gasteiger partial charge is 0.478 e. The average molecular weight is 619 g/mol. The van der Waals surface area contributed by atoms with Crippen LogP contribution in [0.4, 0.5) is 0 Å². The molecule has 0 aliphatic rings. The van der Waals surface area contributed by atoms with Crippen molar-refractivity contribution in [1.29, 1.82) is 0 Å². The van der Waals surface area contributed by atoms with E-state index in [2.05, 4.69) is 73.3 Å². The van der Waals surface area contributed by atoms with Gasteiger partial charge in [-0.3, -0.25) is 4.79 Å². The second kappa shape index (κ2) is 11.7. The zero-order valence-corrected chi connectivity index (χ0v) is 25.4. The van der Waals surface area contributed by atoms with Gasteiger partial charge in [0.25, 0.3) is 6.47 Å². The highest BCUT2D eigenvalue weighted by Gasteiger charge is 2.24. The van der Waals surface area contributed by atoms with Gasteiger partial charge in [-0.25, -0.2) is 9.78 Å². The summed E-state index contributed by atoms with van der Waals surface area (Å²) in [7, 11) is 0. The standard InChI is InChI=1S/C39H30N4O4/c44-25-47-38-23-37(42-32-13-4-1-10-27(32)28-11-2-5-14-33(28)42)36(22-31(38)39(45)46)43-34-15-6-3-12-29(34)30-21-26(16-17-35(30)43)9-7-8-19-41-20-18-40-24-41/h1-6,10-18,20-25H,7-9,19H2,(H,45,46). The number of benzene rings is 5. The molecule has 3 aromatic heterocycles. The molecule has 1 N–H and O–H groups in total. The summed E-state index contributed by atoms with van der Waals surface area (Å²) in [5.74, 6) is -1.21. The number of carboxylic acid groups (broad SMARTS) is 1. The topological polar surface area (TPSA) is 91.3 Å². The maximum atomic E-state index is 12.6. The Balaban J connectivity index is 1.36. The molecule has 0 bridgehead atoms. The number of rotatable bonds is 10. The van der Waals surface area contributed by atoms with E-state index in [1.54, 1.807) is 18.3 Å². The Labute approximate surface area is 269 Å². The summed E-state index contributed by atoms with van der Waals surface area (Å²) in [5.41, 5.74) is 6.30. The molecule has 0 aliphatic heterocycles. The van der Waals surface area contributed by atoms with Crippen LogP contribution in [0, 0.1) is 0 Å². The highest BCUT2D eigenvalue weighted by Crippen LogP contribution is 2.40. The molecule has 3 heterocycles. The molecule has 0 radical (unpaired) electrons. The first-order chi connectivity index (χ1) is 23.1. The maximum absolute atomic E-state index is 12.6. The lowest BCUT2D eigenvalue weighted by Crippen LogP contribution is -2.09. The van der Waals surface area contributed by atoms with Crippen molar-refractivity contribution in [3.8, 4) is 17.1 Å². The first kappa shape index (κ1) is 28.3. The SMILES string of the molecule is O=COc1cc(-n2c3ccccc3c3ccccc32)c(-n2c3ccccc3c3cc(CCCCn4ccnc4)ccc32)cc1C(=O)O. The molecule has 8 nitrogen and oxygen atoms in total. The van der Waals surface area contributed by atoms with Crippen molar-refractivity contribution in [3.63, 3.8) is 0 Å². The molecule has 8 aromatic rings. The third kappa shape index (κ3) is 4.82. The smallest absolute Gasteiger partial charge is 0.339 e. The number of hydrogen-bond acceptors (Lipinski definition) is 4. The lowest BCUT2D eigenvalue weighted by molar-refractivity contribution is -0.120. The number of aromatic nitrogens is 4. The van der Waals surface area contributed by atoms with Gasteiger partial charge in [-0.1, -0.05) is 60.7 Å². The fourth-order valence-electron chi connectivity index (χ4n) is 6.89. The van der Waals surface area contributed by atoms with Crippen LogP contribution in [0.2, 0.25) is 0 Å². The lowest BCUT2D eigenvalue weighted by Gasteiger charge is -2.19. The molecule has 8 heteroatoms. The quantitative estimate of drug-likeness (QED) is 0.123. The molecule has 47 heavy (non-hydrogen) atoms. The summed E-state index contributed by atoms with van der Waals surface area (Å²) in [6.45, 7) is 1.21. The van der Waals surface area contributed by atoms with Crippen LogP contribution in [-0.2, 0) is 17.8 Å². The minimum Gasteiger partial charge on any atom is -0.478 e. The molecule has 0 fully saturated rings. The van der Waals surface area contributed by atoms with E-state index in [0.717, 1.165) is 69.4 Å². The number of para-hydroxylation sites is 3. The number of nitrogens with zero attached hydrogens (tertiary/aromatic N) is 4. The fraction of sp³-hybridized carbons (Fsp3) is 0.103. The monoisotopic (exact) mass is 618 g/mol. The van der Waals surface area contributed by atoms with Crippen molar-refractivity contribution in [2.75, 3.05) is 0 Å². The van der Waals surface area contributed by atoms with Crippen LogP contribution in [-0.4, -0.2) is 36.2 Å². The Hall–Kier alpha value is -6.15. The van der Waals surface area contributed by atoms with Gasteiger partial charge in [0.1, 0.15) is 11.3 Å². The van der Waals surface area contributed by atoms with Crippen molar-refractivity contribution in [3.05, 3.63) is 133 Å². The average Bonchev–Trinajstić information content (AvgIpc) is 3.82. The molecule has 5 aromatic carbocycles. The van der Waals surface area contributed by atoms with E-state index in [4.69, 9.17) is 4.74 Å². The predicted molar refractivity (Wildman–Crippen MR) is 184 cm³/mol. The van der Waals surface area contributed by atoms with E-state index in [1.807, 2.05) is 48.9 Å². The van der Waals surface area contributed by atoms with E-state index in [0.29, 0.717) is 11.4 Å². The number of ether oxygens (including phenoxy) is 1. The number of imidazole rings is 1. The summed E-state index contributed by atoms with van der Waals surface area (Å²) < 4.78 is 11.7. The first-order valence-corrected chi connectivity index (χ1v) is 15.6. The summed E-state index contributed by atoms with van der Waals surface area (Å²) in [6, 6.07) is 34.3. The minimum absolute atomic E-state index is 0.0214. The molecule has 0 amide bonds. The fourth-order valence-corrected chi connectivity index (χ4v) is 6.89. The van der Waals surface area contributed by atoms with E-state index in [9.17, 15) is 14.7 Å². The van der Waals surface area contributed by atoms with E-state index < -0.39 is 5.97 Å². The predicted octanol–water partition coefficient (Wildman–Crippen LogP) is 8.33. The third-order valence-electron chi connectivity index (χ3n) is 8.97. The van der Waals surface area contributed by atoms with Crippen LogP contribution in [0.15, 0.2) is 122 Å². The van der Waals surface area contributed by atoms with Gasteiger partial charge in [0.05, 0.1) is 39.8 Å². The second-order valence-corrected chi connectivity index (χ2v) is 11.7. The van der Waals surface area contributed by atoms with Gasteiger partial charge >= 0.3 is 5.97 Å². The van der Waals surface area contributed by atoms with Gasteiger partial charge in [0, 0.05) is 46.5 Å². The summed E-state index contributed by atoms with van der Waals surface area (Å²) in [4.78, 5) is 28.3. The van der Waals surface area contributed by atoms with E-state index in [1.165, 1.54) is 5.56 Å². The number of unbranched alkanes of at least 4 members (excludes halogenated alkanes) is 1. The molecule has 0 saturated carbocycles. The number of fused-ring (bicyclic) bond motifs is 6. The van der Waals surface area contributed by atoms with E-state index in [-0.39, 0.29) is 17.8 Å². The number of aromatic carboxylic acids is 1. The summed E-state index contributed by atoms with van der Waals surface area (Å²) in [5, 5.41) is 14.6. The van der Waals surface area contributed by atoms with E-state index >= 15 is 0 Å². The Morgan fingerprint density at radius 2 is 1.32 bits per heavy atom. The molecule has 0 atom stereocenters.